The first-order valence-corrected chi connectivity index (χ1v) is 7.13. The Labute approximate surface area is 109 Å². The molecule has 2 N–H and O–H groups in total. The van der Waals surface area contributed by atoms with E-state index in [1.807, 2.05) is 13.8 Å². The number of carbonyl (C=O) groups excluding carboxylic acids is 2. The van der Waals surface area contributed by atoms with Gasteiger partial charge in [0.2, 0.25) is 11.8 Å². The van der Waals surface area contributed by atoms with Gasteiger partial charge in [-0.3, -0.25) is 9.59 Å². The molecule has 0 saturated heterocycles. The molecule has 0 spiro atoms. The highest BCUT2D eigenvalue weighted by Gasteiger charge is 2.42. The van der Waals surface area contributed by atoms with Crippen molar-refractivity contribution < 1.29 is 9.59 Å². The largest absolute Gasteiger partial charge is 0.354 e. The molecule has 2 rings (SSSR count). The first-order valence-electron chi connectivity index (χ1n) is 7.13. The minimum atomic E-state index is 0.00580. The fourth-order valence-corrected chi connectivity index (χ4v) is 3.27. The van der Waals surface area contributed by atoms with Gasteiger partial charge in [0.15, 0.2) is 0 Å². The van der Waals surface area contributed by atoms with Crippen molar-refractivity contribution in [2.45, 2.75) is 39.5 Å². The lowest BCUT2D eigenvalue weighted by Gasteiger charge is -2.20. The van der Waals surface area contributed by atoms with Crippen LogP contribution < -0.4 is 10.6 Å². The van der Waals surface area contributed by atoms with E-state index in [2.05, 4.69) is 10.6 Å². The maximum Gasteiger partial charge on any atom is 0.223 e. The molecule has 3 atom stereocenters. The molecule has 0 heterocycles. The van der Waals surface area contributed by atoms with Crippen LogP contribution in [0.4, 0.5) is 0 Å². The molecule has 4 nitrogen and oxygen atoms in total. The lowest BCUT2D eigenvalue weighted by atomic mass is 9.88. The average Bonchev–Trinajstić information content (AvgIpc) is 2.95. The van der Waals surface area contributed by atoms with E-state index in [9.17, 15) is 9.59 Å². The summed E-state index contributed by atoms with van der Waals surface area (Å²) >= 11 is 0. The summed E-state index contributed by atoms with van der Waals surface area (Å²) in [7, 11) is 0. The topological polar surface area (TPSA) is 58.2 Å². The van der Waals surface area contributed by atoms with Crippen LogP contribution in [0.25, 0.3) is 0 Å². The zero-order chi connectivity index (χ0) is 13.1. The molecule has 2 fully saturated rings. The van der Waals surface area contributed by atoms with Gasteiger partial charge in [-0.1, -0.05) is 20.3 Å². The van der Waals surface area contributed by atoms with E-state index < -0.39 is 0 Å². The highest BCUT2D eigenvalue weighted by atomic mass is 16.2. The van der Waals surface area contributed by atoms with Crippen LogP contribution in [-0.2, 0) is 9.59 Å². The molecule has 2 aliphatic rings. The molecule has 18 heavy (non-hydrogen) atoms. The fourth-order valence-electron chi connectivity index (χ4n) is 3.27. The lowest BCUT2D eigenvalue weighted by molar-refractivity contribution is -0.127. The number of rotatable bonds is 5. The van der Waals surface area contributed by atoms with E-state index in [0.29, 0.717) is 19.0 Å². The van der Waals surface area contributed by atoms with Crippen molar-refractivity contribution in [2.75, 3.05) is 13.1 Å². The van der Waals surface area contributed by atoms with Crippen molar-refractivity contribution in [3.63, 3.8) is 0 Å². The summed E-state index contributed by atoms with van der Waals surface area (Å²) in [4.78, 5) is 23.3. The Hall–Kier alpha value is -1.06. The molecule has 2 amide bonds. The second-order valence-corrected chi connectivity index (χ2v) is 6.02. The number of nitrogens with one attached hydrogen (secondary N) is 2. The third-order valence-electron chi connectivity index (χ3n) is 4.32. The third kappa shape index (κ3) is 3.03. The van der Waals surface area contributed by atoms with E-state index in [0.717, 1.165) is 12.3 Å². The number of hydrogen-bond donors (Lipinski definition) is 2. The minimum absolute atomic E-state index is 0.00580. The fraction of sp³-hybridized carbons (Fsp3) is 0.857. The highest BCUT2D eigenvalue weighted by molar-refractivity contribution is 5.80. The molecule has 2 bridgehead atoms. The van der Waals surface area contributed by atoms with Crippen molar-refractivity contribution >= 4 is 11.8 Å². The first-order chi connectivity index (χ1) is 8.58. The van der Waals surface area contributed by atoms with E-state index in [4.69, 9.17) is 0 Å². The normalized spacial score (nSPS) is 29.6. The van der Waals surface area contributed by atoms with Crippen LogP contribution in [-0.4, -0.2) is 24.9 Å². The van der Waals surface area contributed by atoms with Crippen LogP contribution in [0.2, 0.25) is 0 Å². The van der Waals surface area contributed by atoms with Gasteiger partial charge in [-0.2, -0.15) is 0 Å². The van der Waals surface area contributed by atoms with Crippen LogP contribution in [0.15, 0.2) is 0 Å². The van der Waals surface area contributed by atoms with Gasteiger partial charge < -0.3 is 10.6 Å². The zero-order valence-corrected chi connectivity index (χ0v) is 11.4. The summed E-state index contributed by atoms with van der Waals surface area (Å²) in [6.45, 7) is 4.81. The Morgan fingerprint density at radius 3 is 2.39 bits per heavy atom. The third-order valence-corrected chi connectivity index (χ3v) is 4.32. The Morgan fingerprint density at radius 1 is 1.11 bits per heavy atom. The van der Waals surface area contributed by atoms with Crippen molar-refractivity contribution in [1.82, 2.24) is 10.6 Å². The Morgan fingerprint density at radius 2 is 1.83 bits per heavy atom. The van der Waals surface area contributed by atoms with Crippen LogP contribution in [0.3, 0.4) is 0 Å². The Balaban J connectivity index is 1.62. The molecule has 0 radical (unpaired) electrons. The SMILES string of the molecule is CC(C)C(=O)NCCNC(=O)C1CC2CCC1C2. The molecular weight excluding hydrogens is 228 g/mol. The van der Waals surface area contributed by atoms with Gasteiger partial charge in [-0.25, -0.2) is 0 Å². The van der Waals surface area contributed by atoms with Gasteiger partial charge in [0.05, 0.1) is 0 Å². The number of amides is 2. The van der Waals surface area contributed by atoms with Crippen LogP contribution in [0.1, 0.15) is 39.5 Å². The molecule has 4 heteroatoms. The van der Waals surface area contributed by atoms with E-state index >= 15 is 0 Å². The average molecular weight is 252 g/mol. The van der Waals surface area contributed by atoms with Gasteiger partial charge >= 0.3 is 0 Å². The Kier molecular flexibility index (Phi) is 4.25. The molecule has 0 aromatic heterocycles. The van der Waals surface area contributed by atoms with E-state index in [-0.39, 0.29) is 23.7 Å². The van der Waals surface area contributed by atoms with Gasteiger partial charge in [-0.15, -0.1) is 0 Å². The van der Waals surface area contributed by atoms with Crippen LogP contribution >= 0.6 is 0 Å². The summed E-state index contributed by atoms with van der Waals surface area (Å²) in [6.07, 6.45) is 4.88. The summed E-state index contributed by atoms with van der Waals surface area (Å²) in [5.41, 5.74) is 0. The minimum Gasteiger partial charge on any atom is -0.354 e. The van der Waals surface area contributed by atoms with Crippen molar-refractivity contribution in [1.29, 1.82) is 0 Å². The smallest absolute Gasteiger partial charge is 0.223 e. The van der Waals surface area contributed by atoms with Crippen molar-refractivity contribution in [3.8, 4) is 0 Å². The lowest BCUT2D eigenvalue weighted by Crippen LogP contribution is -2.39. The van der Waals surface area contributed by atoms with Crippen molar-refractivity contribution in [2.24, 2.45) is 23.7 Å². The summed E-state index contributed by atoms with van der Waals surface area (Å²) in [5, 5.41) is 5.76. The molecule has 0 aromatic carbocycles. The van der Waals surface area contributed by atoms with Crippen LogP contribution in [0.5, 0.6) is 0 Å². The maximum absolute atomic E-state index is 12.0. The molecule has 102 valence electrons. The van der Waals surface area contributed by atoms with Crippen LogP contribution in [0, 0.1) is 23.7 Å². The van der Waals surface area contributed by atoms with E-state index in [1.165, 1.54) is 19.3 Å². The maximum atomic E-state index is 12.0. The second kappa shape index (κ2) is 5.72. The predicted octanol–water partition coefficient (Wildman–Crippen LogP) is 1.31. The zero-order valence-electron chi connectivity index (χ0n) is 11.4. The molecule has 3 unspecified atom stereocenters. The summed E-state index contributed by atoms with van der Waals surface area (Å²) in [5.74, 6) is 1.91. The number of fused-ring (bicyclic) bond motifs is 2. The molecule has 2 aliphatic carbocycles. The monoisotopic (exact) mass is 252 g/mol. The molecule has 0 aliphatic heterocycles. The highest BCUT2D eigenvalue weighted by Crippen LogP contribution is 2.48. The van der Waals surface area contributed by atoms with Gasteiger partial charge in [0.1, 0.15) is 0 Å². The summed E-state index contributed by atoms with van der Waals surface area (Å²) in [6, 6.07) is 0. The number of hydrogen-bond acceptors (Lipinski definition) is 2. The standard InChI is InChI=1S/C14H24N2O2/c1-9(2)13(17)15-5-6-16-14(18)12-8-10-3-4-11(12)7-10/h9-12H,3-8H2,1-2H3,(H,15,17)(H,16,18). The quantitative estimate of drug-likeness (QED) is 0.725. The molecular formula is C14H24N2O2. The first kappa shape index (κ1) is 13.4. The molecule has 0 aromatic rings. The van der Waals surface area contributed by atoms with Crippen molar-refractivity contribution in [3.05, 3.63) is 0 Å². The van der Waals surface area contributed by atoms with E-state index in [1.54, 1.807) is 0 Å². The molecule has 2 saturated carbocycles. The van der Waals surface area contributed by atoms with Gasteiger partial charge in [-0.05, 0) is 31.1 Å². The van der Waals surface area contributed by atoms with Gasteiger partial charge in [0, 0.05) is 24.9 Å². The second-order valence-electron chi connectivity index (χ2n) is 6.02. The number of carbonyl (C=O) groups is 2. The predicted molar refractivity (Wildman–Crippen MR) is 69.8 cm³/mol. The summed E-state index contributed by atoms with van der Waals surface area (Å²) < 4.78 is 0. The Bertz CT molecular complexity index is 328. The van der Waals surface area contributed by atoms with Gasteiger partial charge in [0.25, 0.3) is 0 Å².